The molecule has 0 spiro atoms. The van der Waals surface area contributed by atoms with Gasteiger partial charge in [0.05, 0.1) is 11.2 Å². The van der Waals surface area contributed by atoms with Crippen molar-refractivity contribution in [2.24, 2.45) is 0 Å². The molecule has 0 aromatic carbocycles. The van der Waals surface area contributed by atoms with Crippen molar-refractivity contribution in [2.45, 2.75) is 38.9 Å². The number of imidazole rings is 1. The maximum atomic E-state index is 5.98. The average Bonchev–Trinajstić information content (AvgIpc) is 2.80. The summed E-state index contributed by atoms with van der Waals surface area (Å²) in [4.78, 5) is 4.21. The number of hydrogen-bond acceptors (Lipinski definition) is 4. The summed E-state index contributed by atoms with van der Waals surface area (Å²) in [5, 5.41) is 4.28. The van der Waals surface area contributed by atoms with E-state index in [1.807, 2.05) is 40.0 Å². The van der Waals surface area contributed by atoms with Gasteiger partial charge in [0.1, 0.15) is 0 Å². The van der Waals surface area contributed by atoms with Gasteiger partial charge in [0.2, 0.25) is 0 Å². The van der Waals surface area contributed by atoms with E-state index < -0.39 is 0 Å². The van der Waals surface area contributed by atoms with Crippen molar-refractivity contribution in [1.82, 2.24) is 14.6 Å². The molecule has 1 saturated heterocycles. The van der Waals surface area contributed by atoms with Crippen molar-refractivity contribution in [2.75, 3.05) is 0 Å². The zero-order valence-electron chi connectivity index (χ0n) is 11.0. The normalized spacial score (nSPS) is 21.7. The maximum Gasteiger partial charge on any atom is 0.496 e. The van der Waals surface area contributed by atoms with E-state index in [0.717, 1.165) is 11.1 Å². The molecule has 6 heteroatoms. The number of nitrogens with zero attached hydrogens (tertiary/aromatic N) is 3. The lowest BCUT2D eigenvalue weighted by Crippen LogP contribution is -2.41. The van der Waals surface area contributed by atoms with Crippen molar-refractivity contribution in [3.05, 3.63) is 24.7 Å². The van der Waals surface area contributed by atoms with Crippen LogP contribution in [0, 0.1) is 0 Å². The third-order valence-corrected chi connectivity index (χ3v) is 3.80. The molecule has 2 aromatic heterocycles. The van der Waals surface area contributed by atoms with Crippen molar-refractivity contribution in [3.8, 4) is 0 Å². The van der Waals surface area contributed by atoms with Crippen LogP contribution < -0.4 is 5.46 Å². The molecule has 1 aliphatic heterocycles. The molecule has 5 nitrogen and oxygen atoms in total. The third kappa shape index (κ3) is 1.64. The Labute approximate surface area is 106 Å². The summed E-state index contributed by atoms with van der Waals surface area (Å²) in [6, 6.07) is 1.94. The molecule has 0 bridgehead atoms. The highest BCUT2D eigenvalue weighted by molar-refractivity contribution is 6.62. The van der Waals surface area contributed by atoms with Crippen LogP contribution in [0.25, 0.3) is 5.65 Å². The zero-order chi connectivity index (χ0) is 13.0. The second-order valence-corrected chi connectivity index (χ2v) is 5.61. The van der Waals surface area contributed by atoms with Gasteiger partial charge in [-0.15, -0.1) is 0 Å². The van der Waals surface area contributed by atoms with E-state index >= 15 is 0 Å². The van der Waals surface area contributed by atoms with Crippen molar-refractivity contribution in [1.29, 1.82) is 0 Å². The molecule has 0 N–H and O–H groups in total. The van der Waals surface area contributed by atoms with Crippen LogP contribution in [0.3, 0.4) is 0 Å². The zero-order valence-corrected chi connectivity index (χ0v) is 11.0. The molecule has 0 amide bonds. The Balaban J connectivity index is 1.96. The van der Waals surface area contributed by atoms with Gasteiger partial charge in [-0.05, 0) is 33.8 Å². The third-order valence-electron chi connectivity index (χ3n) is 3.80. The summed E-state index contributed by atoms with van der Waals surface area (Å²) in [5.41, 5.74) is 1.02. The highest BCUT2D eigenvalue weighted by Crippen LogP contribution is 2.36. The van der Waals surface area contributed by atoms with Gasteiger partial charge < -0.3 is 9.31 Å². The summed E-state index contributed by atoms with van der Waals surface area (Å²) >= 11 is 0. The van der Waals surface area contributed by atoms with E-state index in [2.05, 4.69) is 10.1 Å². The number of aromatic nitrogens is 3. The SMILES string of the molecule is CC1(C)OB(c2cnn3ccnc3c2)OC1(C)C. The average molecular weight is 245 g/mol. The highest BCUT2D eigenvalue weighted by Gasteiger charge is 2.51. The van der Waals surface area contributed by atoms with Crippen LogP contribution in [-0.2, 0) is 9.31 Å². The summed E-state index contributed by atoms with van der Waals surface area (Å²) in [6.45, 7) is 8.14. The highest BCUT2D eigenvalue weighted by atomic mass is 16.7. The molecule has 0 atom stereocenters. The smallest absolute Gasteiger partial charge is 0.399 e. The van der Waals surface area contributed by atoms with Crippen LogP contribution in [-0.4, -0.2) is 32.9 Å². The predicted octanol–water partition coefficient (Wildman–Crippen LogP) is 1.03. The number of fused-ring (bicyclic) bond motifs is 1. The molecule has 0 radical (unpaired) electrons. The Morgan fingerprint density at radius 2 is 1.83 bits per heavy atom. The Morgan fingerprint density at radius 3 is 2.50 bits per heavy atom. The quantitative estimate of drug-likeness (QED) is 0.704. The molecule has 1 aliphatic rings. The van der Waals surface area contributed by atoms with Crippen LogP contribution in [0.2, 0.25) is 0 Å². The molecule has 3 heterocycles. The predicted molar refractivity (Wildman–Crippen MR) is 68.7 cm³/mol. The lowest BCUT2D eigenvalue weighted by atomic mass is 9.81. The summed E-state index contributed by atoms with van der Waals surface area (Å²) in [7, 11) is -0.385. The van der Waals surface area contributed by atoms with Gasteiger partial charge in [-0.2, -0.15) is 5.10 Å². The second-order valence-electron chi connectivity index (χ2n) is 5.61. The fourth-order valence-electron chi connectivity index (χ4n) is 1.93. The van der Waals surface area contributed by atoms with Gasteiger partial charge in [-0.1, -0.05) is 0 Å². The first-order chi connectivity index (χ1) is 8.39. The first-order valence-corrected chi connectivity index (χ1v) is 6.04. The van der Waals surface area contributed by atoms with E-state index in [0.29, 0.717) is 0 Å². The molecule has 94 valence electrons. The van der Waals surface area contributed by atoms with E-state index in [1.54, 1.807) is 16.9 Å². The standard InChI is InChI=1S/C12H16BN3O2/c1-11(2)12(3,4)18-13(17-11)9-7-10-14-5-6-16(10)15-8-9/h5-8H,1-4H3. The minimum Gasteiger partial charge on any atom is -0.399 e. The van der Waals surface area contributed by atoms with Gasteiger partial charge in [-0.25, -0.2) is 9.50 Å². The summed E-state index contributed by atoms with van der Waals surface area (Å²) in [6.07, 6.45) is 5.29. The lowest BCUT2D eigenvalue weighted by Gasteiger charge is -2.32. The van der Waals surface area contributed by atoms with Crippen LogP contribution in [0.5, 0.6) is 0 Å². The minimum absolute atomic E-state index is 0.334. The van der Waals surface area contributed by atoms with E-state index in [-0.39, 0.29) is 18.3 Å². The van der Waals surface area contributed by atoms with Crippen molar-refractivity contribution >= 4 is 18.2 Å². The molecule has 0 saturated carbocycles. The Hall–Kier alpha value is -1.40. The molecule has 1 fully saturated rings. The monoisotopic (exact) mass is 245 g/mol. The van der Waals surface area contributed by atoms with Gasteiger partial charge in [0.15, 0.2) is 5.65 Å². The lowest BCUT2D eigenvalue weighted by molar-refractivity contribution is 0.00578. The second kappa shape index (κ2) is 3.55. The molecule has 3 rings (SSSR count). The Kier molecular flexibility index (Phi) is 2.31. The van der Waals surface area contributed by atoms with Crippen molar-refractivity contribution in [3.63, 3.8) is 0 Å². The van der Waals surface area contributed by atoms with Crippen LogP contribution in [0.4, 0.5) is 0 Å². The summed E-state index contributed by atoms with van der Waals surface area (Å²) < 4.78 is 13.7. The molecule has 2 aromatic rings. The van der Waals surface area contributed by atoms with Crippen LogP contribution in [0.15, 0.2) is 24.7 Å². The molecule has 0 aliphatic carbocycles. The molecule has 0 unspecified atom stereocenters. The van der Waals surface area contributed by atoms with Gasteiger partial charge in [0.25, 0.3) is 0 Å². The number of rotatable bonds is 1. The minimum atomic E-state index is -0.385. The Morgan fingerprint density at radius 1 is 1.17 bits per heavy atom. The van der Waals surface area contributed by atoms with E-state index in [9.17, 15) is 0 Å². The molecule has 18 heavy (non-hydrogen) atoms. The van der Waals surface area contributed by atoms with Gasteiger partial charge in [-0.3, -0.25) is 0 Å². The van der Waals surface area contributed by atoms with Gasteiger partial charge >= 0.3 is 7.12 Å². The van der Waals surface area contributed by atoms with Gasteiger partial charge in [0, 0.05) is 24.1 Å². The molecular weight excluding hydrogens is 229 g/mol. The first kappa shape index (κ1) is 11.7. The Bertz CT molecular complexity index is 578. The van der Waals surface area contributed by atoms with Crippen LogP contribution in [0.1, 0.15) is 27.7 Å². The maximum absolute atomic E-state index is 5.98. The molecular formula is C12H16BN3O2. The number of hydrogen-bond donors (Lipinski definition) is 0. The fourth-order valence-corrected chi connectivity index (χ4v) is 1.93. The van der Waals surface area contributed by atoms with Crippen molar-refractivity contribution < 1.29 is 9.31 Å². The topological polar surface area (TPSA) is 48.7 Å². The summed E-state index contributed by atoms with van der Waals surface area (Å²) in [5.74, 6) is 0. The van der Waals surface area contributed by atoms with E-state index in [1.165, 1.54) is 0 Å². The first-order valence-electron chi connectivity index (χ1n) is 6.04. The largest absolute Gasteiger partial charge is 0.496 e. The fraction of sp³-hybridized carbons (Fsp3) is 0.500. The van der Waals surface area contributed by atoms with E-state index in [4.69, 9.17) is 9.31 Å². The van der Waals surface area contributed by atoms with Crippen LogP contribution >= 0.6 is 0 Å².